The van der Waals surface area contributed by atoms with E-state index in [2.05, 4.69) is 20.6 Å². The van der Waals surface area contributed by atoms with Gasteiger partial charge in [0, 0.05) is 6.20 Å². The molecule has 2 heterocycles. The van der Waals surface area contributed by atoms with Gasteiger partial charge in [-0.05, 0) is 37.6 Å². The van der Waals surface area contributed by atoms with E-state index in [4.69, 9.17) is 0 Å². The first-order chi connectivity index (χ1) is 11.5. The number of aryl methyl sites for hydroxylation is 1. The number of nitrogens with one attached hydrogen (secondary N) is 1. The lowest BCUT2D eigenvalue weighted by Crippen LogP contribution is -2.35. The highest BCUT2D eigenvalue weighted by molar-refractivity contribution is 5.78. The van der Waals surface area contributed by atoms with Crippen LogP contribution in [0, 0.1) is 6.92 Å². The summed E-state index contributed by atoms with van der Waals surface area (Å²) in [5.74, 6) is -0.323. The molecule has 7 heteroatoms. The van der Waals surface area contributed by atoms with Gasteiger partial charge in [-0.15, -0.1) is 5.10 Å². The van der Waals surface area contributed by atoms with Crippen LogP contribution in [0.1, 0.15) is 24.2 Å². The lowest BCUT2D eigenvalue weighted by Gasteiger charge is -2.13. The van der Waals surface area contributed by atoms with Gasteiger partial charge in [0.25, 0.3) is 5.56 Å². The molecular formula is C17H17N5O2. The number of carbonyl (C=O) groups is 1. The van der Waals surface area contributed by atoms with E-state index in [-0.39, 0.29) is 24.1 Å². The highest BCUT2D eigenvalue weighted by Gasteiger charge is 2.13. The van der Waals surface area contributed by atoms with Crippen molar-refractivity contribution in [3.05, 3.63) is 64.2 Å². The molecule has 0 bridgehead atoms. The molecule has 1 atom stereocenters. The zero-order valence-corrected chi connectivity index (χ0v) is 13.4. The number of nitrogens with zero attached hydrogens (tertiary/aromatic N) is 4. The van der Waals surface area contributed by atoms with Crippen LogP contribution in [0.2, 0.25) is 0 Å². The molecule has 0 aliphatic rings. The van der Waals surface area contributed by atoms with Crippen LogP contribution in [0.4, 0.5) is 0 Å². The van der Waals surface area contributed by atoms with Gasteiger partial charge in [0.1, 0.15) is 12.1 Å². The Hall–Kier alpha value is -3.09. The van der Waals surface area contributed by atoms with Crippen molar-refractivity contribution in [3.8, 4) is 0 Å². The number of amides is 1. The lowest BCUT2D eigenvalue weighted by atomic mass is 10.2. The number of carbonyl (C=O) groups excluding carboxylic acids is 1. The van der Waals surface area contributed by atoms with E-state index in [1.165, 1.54) is 0 Å². The van der Waals surface area contributed by atoms with E-state index in [0.717, 1.165) is 15.9 Å². The molecule has 0 aliphatic heterocycles. The van der Waals surface area contributed by atoms with E-state index >= 15 is 0 Å². The molecule has 0 spiro atoms. The van der Waals surface area contributed by atoms with Crippen molar-refractivity contribution >= 4 is 16.8 Å². The first-order valence-corrected chi connectivity index (χ1v) is 7.59. The van der Waals surface area contributed by atoms with Crippen molar-refractivity contribution in [3.63, 3.8) is 0 Å². The summed E-state index contributed by atoms with van der Waals surface area (Å²) in [4.78, 5) is 28.8. The van der Waals surface area contributed by atoms with Gasteiger partial charge in [0.2, 0.25) is 5.91 Å². The highest BCUT2D eigenvalue weighted by atomic mass is 16.2. The normalized spacial score (nSPS) is 12.1. The highest BCUT2D eigenvalue weighted by Crippen LogP contribution is 2.09. The summed E-state index contributed by atoms with van der Waals surface area (Å²) in [7, 11) is 0. The summed E-state index contributed by atoms with van der Waals surface area (Å²) in [5.41, 5.74) is 1.98. The summed E-state index contributed by atoms with van der Waals surface area (Å²) >= 11 is 0. The molecule has 0 saturated heterocycles. The average Bonchev–Trinajstić information content (AvgIpc) is 2.58. The minimum Gasteiger partial charge on any atom is -0.346 e. The van der Waals surface area contributed by atoms with E-state index < -0.39 is 0 Å². The maximum absolute atomic E-state index is 12.3. The van der Waals surface area contributed by atoms with E-state index in [1.54, 1.807) is 30.5 Å². The van der Waals surface area contributed by atoms with Crippen LogP contribution in [-0.2, 0) is 11.3 Å². The second-order valence-corrected chi connectivity index (χ2v) is 5.62. The third kappa shape index (κ3) is 3.29. The van der Waals surface area contributed by atoms with Crippen LogP contribution in [0.25, 0.3) is 10.9 Å². The fourth-order valence-electron chi connectivity index (χ4n) is 2.36. The molecule has 0 radical (unpaired) electrons. The third-order valence-electron chi connectivity index (χ3n) is 3.68. The van der Waals surface area contributed by atoms with Crippen molar-refractivity contribution in [2.24, 2.45) is 0 Å². The SMILES string of the molecule is Cc1ccc([C@H](C)NC(=O)Cn2nnc3ccccc3c2=O)nc1. The van der Waals surface area contributed by atoms with Gasteiger partial charge in [-0.1, -0.05) is 23.4 Å². The Morgan fingerprint density at radius 3 is 2.79 bits per heavy atom. The quantitative estimate of drug-likeness (QED) is 0.783. The molecule has 0 aliphatic carbocycles. The predicted molar refractivity (Wildman–Crippen MR) is 89.3 cm³/mol. The summed E-state index contributed by atoms with van der Waals surface area (Å²) in [6.07, 6.45) is 1.75. The number of rotatable bonds is 4. The summed E-state index contributed by atoms with van der Waals surface area (Å²) in [6.45, 7) is 3.60. The number of aromatic nitrogens is 4. The summed E-state index contributed by atoms with van der Waals surface area (Å²) < 4.78 is 1.06. The zero-order valence-electron chi connectivity index (χ0n) is 13.4. The smallest absolute Gasteiger partial charge is 0.278 e. The first-order valence-electron chi connectivity index (χ1n) is 7.59. The third-order valence-corrected chi connectivity index (χ3v) is 3.68. The minimum atomic E-state index is -0.336. The minimum absolute atomic E-state index is 0.188. The fraction of sp³-hybridized carbons (Fsp3) is 0.235. The van der Waals surface area contributed by atoms with Crippen LogP contribution in [0.5, 0.6) is 0 Å². The molecule has 0 fully saturated rings. The molecule has 1 aromatic carbocycles. The monoisotopic (exact) mass is 323 g/mol. The standard InChI is InChI=1S/C17H17N5O2/c1-11-7-8-14(18-9-11)12(2)19-16(23)10-22-17(24)13-5-3-4-6-15(13)20-21-22/h3-9,12H,10H2,1-2H3,(H,19,23)/t12-/m0/s1. The Kier molecular flexibility index (Phi) is 4.33. The van der Waals surface area contributed by atoms with E-state index in [9.17, 15) is 9.59 Å². The molecule has 122 valence electrons. The molecule has 0 unspecified atom stereocenters. The molecular weight excluding hydrogens is 306 g/mol. The summed E-state index contributed by atoms with van der Waals surface area (Å²) in [6, 6.07) is 10.4. The van der Waals surface area contributed by atoms with Crippen LogP contribution in [0.15, 0.2) is 47.4 Å². The predicted octanol–water partition coefficient (Wildman–Crippen LogP) is 1.37. The topological polar surface area (TPSA) is 89.8 Å². The zero-order chi connectivity index (χ0) is 17.1. The van der Waals surface area contributed by atoms with Crippen LogP contribution in [0.3, 0.4) is 0 Å². The molecule has 7 nitrogen and oxygen atoms in total. The van der Waals surface area contributed by atoms with Crippen molar-refractivity contribution in [2.45, 2.75) is 26.4 Å². The number of fused-ring (bicyclic) bond motifs is 1. The van der Waals surface area contributed by atoms with E-state index in [0.29, 0.717) is 10.9 Å². The molecule has 3 aromatic rings. The lowest BCUT2D eigenvalue weighted by molar-refractivity contribution is -0.122. The Morgan fingerprint density at radius 1 is 1.25 bits per heavy atom. The van der Waals surface area contributed by atoms with Gasteiger partial charge in [-0.3, -0.25) is 14.6 Å². The molecule has 2 aromatic heterocycles. The van der Waals surface area contributed by atoms with E-state index in [1.807, 2.05) is 26.0 Å². The first kappa shape index (κ1) is 15.8. The largest absolute Gasteiger partial charge is 0.346 e. The van der Waals surface area contributed by atoms with Crippen molar-refractivity contribution in [2.75, 3.05) is 0 Å². The molecule has 0 saturated carbocycles. The van der Waals surface area contributed by atoms with Gasteiger partial charge < -0.3 is 5.32 Å². The van der Waals surface area contributed by atoms with Crippen LogP contribution < -0.4 is 10.9 Å². The van der Waals surface area contributed by atoms with Gasteiger partial charge in [-0.2, -0.15) is 0 Å². The van der Waals surface area contributed by atoms with Gasteiger partial charge in [-0.25, -0.2) is 4.68 Å². The van der Waals surface area contributed by atoms with Gasteiger partial charge in [0.05, 0.1) is 17.1 Å². The number of pyridine rings is 1. The Morgan fingerprint density at radius 2 is 2.04 bits per heavy atom. The van der Waals surface area contributed by atoms with Crippen LogP contribution >= 0.6 is 0 Å². The Balaban J connectivity index is 1.74. The second-order valence-electron chi connectivity index (χ2n) is 5.62. The van der Waals surface area contributed by atoms with Gasteiger partial charge in [0.15, 0.2) is 0 Å². The Bertz CT molecular complexity index is 934. The maximum Gasteiger partial charge on any atom is 0.278 e. The van der Waals surface area contributed by atoms with Crippen molar-refractivity contribution in [1.82, 2.24) is 25.3 Å². The van der Waals surface area contributed by atoms with Crippen LogP contribution in [-0.4, -0.2) is 25.9 Å². The number of benzene rings is 1. The van der Waals surface area contributed by atoms with Crippen molar-refractivity contribution in [1.29, 1.82) is 0 Å². The molecule has 1 amide bonds. The second kappa shape index (κ2) is 6.57. The molecule has 1 N–H and O–H groups in total. The van der Waals surface area contributed by atoms with Crippen molar-refractivity contribution < 1.29 is 4.79 Å². The fourth-order valence-corrected chi connectivity index (χ4v) is 2.36. The number of hydrogen-bond donors (Lipinski definition) is 1. The Labute approximate surface area is 138 Å². The number of hydrogen-bond acceptors (Lipinski definition) is 5. The molecule has 24 heavy (non-hydrogen) atoms. The average molecular weight is 323 g/mol. The molecule has 3 rings (SSSR count). The van der Waals surface area contributed by atoms with Gasteiger partial charge >= 0.3 is 0 Å². The summed E-state index contributed by atoms with van der Waals surface area (Å²) in [5, 5.41) is 11.0. The maximum atomic E-state index is 12.3.